The van der Waals surface area contributed by atoms with Crippen molar-refractivity contribution in [1.82, 2.24) is 5.32 Å². The number of urea groups is 1. The van der Waals surface area contributed by atoms with Gasteiger partial charge < -0.3 is 20.5 Å². The normalized spacial score (nSPS) is 11.5. The van der Waals surface area contributed by atoms with E-state index in [4.69, 9.17) is 0 Å². The minimum atomic E-state index is -4.20. The fraction of sp³-hybridized carbons (Fsp3) is 0.316. The minimum Gasteiger partial charge on any atom is -0.508 e. The molecular formula is C19H20F4N2O3. The van der Waals surface area contributed by atoms with Crippen molar-refractivity contribution in [2.75, 3.05) is 18.5 Å². The zero-order valence-corrected chi connectivity index (χ0v) is 14.8. The number of alkyl halides is 4. The van der Waals surface area contributed by atoms with Crippen LogP contribution in [0.5, 0.6) is 5.75 Å². The molecule has 0 saturated carbocycles. The maximum atomic E-state index is 12.8. The third kappa shape index (κ3) is 7.07. The van der Waals surface area contributed by atoms with Crippen LogP contribution >= 0.6 is 0 Å². The number of carbonyl (C=O) groups excluding carboxylic acids is 1. The van der Waals surface area contributed by atoms with Crippen LogP contribution in [0.15, 0.2) is 48.5 Å². The quantitative estimate of drug-likeness (QED) is 0.553. The van der Waals surface area contributed by atoms with Crippen LogP contribution in [0.4, 0.5) is 28.0 Å². The fourth-order valence-corrected chi connectivity index (χ4v) is 2.31. The largest absolute Gasteiger partial charge is 0.508 e. The molecule has 2 aromatic rings. The molecule has 28 heavy (non-hydrogen) atoms. The van der Waals surface area contributed by atoms with Crippen LogP contribution in [0.1, 0.15) is 11.1 Å². The maximum absolute atomic E-state index is 12.8. The van der Waals surface area contributed by atoms with Crippen LogP contribution in [-0.4, -0.2) is 36.6 Å². The van der Waals surface area contributed by atoms with E-state index in [9.17, 15) is 27.5 Å². The van der Waals surface area contributed by atoms with Crippen LogP contribution < -0.4 is 10.6 Å². The summed E-state index contributed by atoms with van der Waals surface area (Å²) in [6.07, 6.45) is -3.27. The summed E-state index contributed by atoms with van der Waals surface area (Å²) in [7, 11) is 0. The molecule has 0 heterocycles. The van der Waals surface area contributed by atoms with Gasteiger partial charge in [0.15, 0.2) is 0 Å². The molecule has 0 aliphatic carbocycles. The van der Waals surface area contributed by atoms with Crippen molar-refractivity contribution in [3.8, 4) is 5.75 Å². The molecule has 0 aromatic heterocycles. The monoisotopic (exact) mass is 400 g/mol. The Kier molecular flexibility index (Phi) is 7.62. The van der Waals surface area contributed by atoms with Gasteiger partial charge >= 0.3 is 18.4 Å². The number of halogens is 4. The second kappa shape index (κ2) is 9.93. The molecule has 0 saturated heterocycles. The van der Waals surface area contributed by atoms with E-state index < -0.39 is 25.0 Å². The van der Waals surface area contributed by atoms with E-state index in [1.807, 2.05) is 6.07 Å². The maximum Gasteiger partial charge on any atom is 0.330 e. The molecule has 0 unspecified atom stereocenters. The number of hydrogen-bond acceptors (Lipinski definition) is 3. The van der Waals surface area contributed by atoms with Gasteiger partial charge in [0.2, 0.25) is 0 Å². The highest BCUT2D eigenvalue weighted by Gasteiger charge is 2.40. The minimum absolute atomic E-state index is 0.146. The Morgan fingerprint density at radius 1 is 1.11 bits per heavy atom. The van der Waals surface area contributed by atoms with Crippen LogP contribution in [0.25, 0.3) is 0 Å². The first-order valence-corrected chi connectivity index (χ1v) is 8.42. The lowest BCUT2D eigenvalue weighted by Crippen LogP contribution is -2.32. The number of carbonyl (C=O) groups is 1. The topological polar surface area (TPSA) is 70.6 Å². The molecule has 0 aliphatic heterocycles. The Morgan fingerprint density at radius 3 is 2.54 bits per heavy atom. The Balaban J connectivity index is 1.77. The van der Waals surface area contributed by atoms with Crippen molar-refractivity contribution in [3.05, 3.63) is 59.7 Å². The molecule has 0 aliphatic rings. The van der Waals surface area contributed by atoms with E-state index in [0.717, 1.165) is 5.56 Å². The fourth-order valence-electron chi connectivity index (χ4n) is 2.31. The summed E-state index contributed by atoms with van der Waals surface area (Å²) in [6.45, 7) is -1.35. The third-order valence-corrected chi connectivity index (χ3v) is 3.68. The van der Waals surface area contributed by atoms with E-state index in [0.29, 0.717) is 24.2 Å². The van der Waals surface area contributed by atoms with Gasteiger partial charge in [0.25, 0.3) is 0 Å². The summed E-state index contributed by atoms with van der Waals surface area (Å²) >= 11 is 0. The molecule has 2 amide bonds. The van der Waals surface area contributed by atoms with E-state index in [-0.39, 0.29) is 12.4 Å². The predicted octanol–water partition coefficient (Wildman–Crippen LogP) is 4.17. The number of rotatable bonds is 9. The average Bonchev–Trinajstić information content (AvgIpc) is 2.62. The predicted molar refractivity (Wildman–Crippen MR) is 95.9 cm³/mol. The van der Waals surface area contributed by atoms with Gasteiger partial charge in [-0.1, -0.05) is 24.3 Å². The Morgan fingerprint density at radius 2 is 1.82 bits per heavy atom. The summed E-state index contributed by atoms with van der Waals surface area (Å²) in [4.78, 5) is 11.9. The number of benzene rings is 2. The molecular weight excluding hydrogens is 380 g/mol. The van der Waals surface area contributed by atoms with Gasteiger partial charge in [-0.05, 0) is 41.8 Å². The number of ether oxygens (including phenoxy) is 1. The number of hydrogen-bond donors (Lipinski definition) is 3. The molecule has 9 heteroatoms. The highest BCUT2D eigenvalue weighted by molar-refractivity contribution is 5.89. The van der Waals surface area contributed by atoms with E-state index >= 15 is 0 Å². The Hall–Kier alpha value is -2.81. The lowest BCUT2D eigenvalue weighted by molar-refractivity contribution is -0.168. The van der Waals surface area contributed by atoms with E-state index in [1.54, 1.807) is 36.4 Å². The van der Waals surface area contributed by atoms with Crippen LogP contribution in [0, 0.1) is 0 Å². The number of aromatic hydroxyl groups is 1. The zero-order chi connectivity index (χ0) is 20.6. The summed E-state index contributed by atoms with van der Waals surface area (Å²) in [5.41, 5.74) is 1.71. The molecule has 152 valence electrons. The summed E-state index contributed by atoms with van der Waals surface area (Å²) in [5, 5.41) is 14.6. The number of phenols is 1. The SMILES string of the molecule is O=C(NCCc1cccc(O)c1)Nc1cccc(COCC(F)(F)C(F)F)c1. The first-order valence-electron chi connectivity index (χ1n) is 8.42. The molecule has 2 aromatic carbocycles. The van der Waals surface area contributed by atoms with Crippen LogP contribution in [0.3, 0.4) is 0 Å². The first-order chi connectivity index (χ1) is 13.3. The summed E-state index contributed by atoms with van der Waals surface area (Å²) < 4.78 is 54.4. The van der Waals surface area contributed by atoms with Gasteiger partial charge in [-0.2, -0.15) is 8.78 Å². The molecule has 0 spiro atoms. The van der Waals surface area contributed by atoms with Crippen LogP contribution in [0.2, 0.25) is 0 Å². The van der Waals surface area contributed by atoms with E-state index in [1.165, 1.54) is 6.07 Å². The van der Waals surface area contributed by atoms with E-state index in [2.05, 4.69) is 15.4 Å². The Bertz CT molecular complexity index is 787. The third-order valence-electron chi connectivity index (χ3n) is 3.68. The average molecular weight is 400 g/mol. The van der Waals surface area contributed by atoms with Crippen molar-refractivity contribution in [2.24, 2.45) is 0 Å². The molecule has 0 fully saturated rings. The lowest BCUT2D eigenvalue weighted by atomic mass is 10.1. The molecule has 5 nitrogen and oxygen atoms in total. The number of phenolic OH excluding ortho intramolecular Hbond substituents is 1. The van der Waals surface area contributed by atoms with Gasteiger partial charge in [-0.15, -0.1) is 0 Å². The highest BCUT2D eigenvalue weighted by Crippen LogP contribution is 2.23. The number of anilines is 1. The van der Waals surface area contributed by atoms with Crippen LogP contribution in [-0.2, 0) is 17.8 Å². The lowest BCUT2D eigenvalue weighted by Gasteiger charge is -2.15. The van der Waals surface area contributed by atoms with Crippen molar-refractivity contribution < 1.29 is 32.2 Å². The van der Waals surface area contributed by atoms with Gasteiger partial charge in [-0.25, -0.2) is 13.6 Å². The van der Waals surface area contributed by atoms with Crippen molar-refractivity contribution in [2.45, 2.75) is 25.4 Å². The Labute approximate surface area is 159 Å². The molecule has 0 atom stereocenters. The number of nitrogens with one attached hydrogen (secondary N) is 2. The van der Waals surface area contributed by atoms with Gasteiger partial charge in [-0.3, -0.25) is 0 Å². The highest BCUT2D eigenvalue weighted by atomic mass is 19.3. The second-order valence-corrected chi connectivity index (χ2v) is 6.06. The standard InChI is InChI=1S/C19H20F4N2O3/c20-17(21)19(22,23)12-28-11-14-4-1-5-15(9-14)25-18(27)24-8-7-13-3-2-6-16(26)10-13/h1-6,9-10,17,26H,7-8,11-12H2,(H2,24,25,27). The van der Waals surface area contributed by atoms with Crippen molar-refractivity contribution in [3.63, 3.8) is 0 Å². The molecule has 0 bridgehead atoms. The smallest absolute Gasteiger partial charge is 0.330 e. The van der Waals surface area contributed by atoms with Gasteiger partial charge in [0, 0.05) is 12.2 Å². The molecule has 2 rings (SSSR count). The second-order valence-electron chi connectivity index (χ2n) is 6.06. The molecule has 0 radical (unpaired) electrons. The number of amides is 2. The first kappa shape index (κ1) is 21.5. The summed E-state index contributed by atoms with van der Waals surface area (Å²) in [6, 6.07) is 12.4. The van der Waals surface area contributed by atoms with Crippen molar-refractivity contribution in [1.29, 1.82) is 0 Å². The van der Waals surface area contributed by atoms with Gasteiger partial charge in [0.1, 0.15) is 12.4 Å². The molecule has 3 N–H and O–H groups in total. The zero-order valence-electron chi connectivity index (χ0n) is 14.8. The van der Waals surface area contributed by atoms with Gasteiger partial charge in [0.05, 0.1) is 6.61 Å². The van der Waals surface area contributed by atoms with Crippen molar-refractivity contribution >= 4 is 11.7 Å². The summed E-state index contributed by atoms with van der Waals surface area (Å²) in [5.74, 6) is -4.06.